The van der Waals surface area contributed by atoms with Gasteiger partial charge in [-0.25, -0.2) is 0 Å². The minimum Gasteiger partial charge on any atom is -0.349 e. The maximum Gasteiger partial charge on any atom is 0.273 e. The number of benzene rings is 1. The van der Waals surface area contributed by atoms with Gasteiger partial charge in [-0.3, -0.25) is 14.9 Å². The molecule has 0 aliphatic heterocycles. The third-order valence-electron chi connectivity index (χ3n) is 3.44. The molecule has 0 aromatic heterocycles. The van der Waals surface area contributed by atoms with Crippen molar-refractivity contribution in [3.63, 3.8) is 0 Å². The van der Waals surface area contributed by atoms with Crippen LogP contribution in [0.1, 0.15) is 41.6 Å². The number of nitro groups is 1. The number of nitrogens with zero attached hydrogens (tertiary/aromatic N) is 1. The Hall–Kier alpha value is -1.91. The molecular weight excluding hydrogens is 232 g/mol. The first-order chi connectivity index (χ1) is 8.59. The molecule has 0 spiro atoms. The van der Waals surface area contributed by atoms with E-state index >= 15 is 0 Å². The summed E-state index contributed by atoms with van der Waals surface area (Å²) in [4.78, 5) is 22.4. The normalized spacial score (nSPS) is 15.6. The fourth-order valence-corrected chi connectivity index (χ4v) is 2.40. The molecule has 96 valence electrons. The first-order valence-corrected chi connectivity index (χ1v) is 6.14. The number of carbonyl (C=O) groups is 1. The van der Waals surface area contributed by atoms with Gasteiger partial charge in [-0.2, -0.15) is 0 Å². The second-order valence-electron chi connectivity index (χ2n) is 4.66. The lowest BCUT2D eigenvalue weighted by molar-refractivity contribution is -0.385. The molecular formula is C13H16N2O3. The minimum absolute atomic E-state index is 0.00549. The van der Waals surface area contributed by atoms with Crippen molar-refractivity contribution >= 4 is 11.6 Å². The van der Waals surface area contributed by atoms with Crippen molar-refractivity contribution in [2.45, 2.75) is 38.6 Å². The third-order valence-corrected chi connectivity index (χ3v) is 3.44. The molecule has 0 unspecified atom stereocenters. The first-order valence-electron chi connectivity index (χ1n) is 6.14. The highest BCUT2D eigenvalue weighted by Crippen LogP contribution is 2.22. The van der Waals surface area contributed by atoms with Gasteiger partial charge in [0.05, 0.1) is 4.92 Å². The number of hydrogen-bond acceptors (Lipinski definition) is 3. The van der Waals surface area contributed by atoms with Gasteiger partial charge in [-0.1, -0.05) is 18.9 Å². The predicted octanol–water partition coefficient (Wildman–Crippen LogP) is 2.58. The van der Waals surface area contributed by atoms with Crippen LogP contribution in [0.25, 0.3) is 0 Å². The van der Waals surface area contributed by atoms with E-state index in [4.69, 9.17) is 0 Å². The fourth-order valence-electron chi connectivity index (χ4n) is 2.40. The first kappa shape index (κ1) is 12.5. The molecule has 0 atom stereocenters. The highest BCUT2D eigenvalue weighted by molar-refractivity contribution is 5.96. The maximum atomic E-state index is 12.1. The molecule has 0 saturated heterocycles. The quantitative estimate of drug-likeness (QED) is 0.660. The highest BCUT2D eigenvalue weighted by Gasteiger charge is 2.21. The summed E-state index contributed by atoms with van der Waals surface area (Å²) in [5, 5.41) is 13.8. The van der Waals surface area contributed by atoms with E-state index in [0.29, 0.717) is 11.1 Å². The lowest BCUT2D eigenvalue weighted by Gasteiger charge is -2.13. The average Bonchev–Trinajstić information content (AvgIpc) is 2.81. The molecule has 5 heteroatoms. The molecule has 1 aromatic carbocycles. The summed E-state index contributed by atoms with van der Waals surface area (Å²) in [6.07, 6.45) is 4.27. The predicted molar refractivity (Wildman–Crippen MR) is 67.6 cm³/mol. The van der Waals surface area contributed by atoms with Gasteiger partial charge in [-0.15, -0.1) is 0 Å². The van der Waals surface area contributed by atoms with E-state index in [0.717, 1.165) is 25.7 Å². The molecule has 1 amide bonds. The summed E-state index contributed by atoms with van der Waals surface area (Å²) in [7, 11) is 0. The van der Waals surface area contributed by atoms with Gasteiger partial charge in [0.25, 0.3) is 11.6 Å². The zero-order valence-electron chi connectivity index (χ0n) is 10.3. The molecule has 1 aromatic rings. The zero-order chi connectivity index (χ0) is 13.1. The number of nitrogens with one attached hydrogen (secondary N) is 1. The molecule has 18 heavy (non-hydrogen) atoms. The van der Waals surface area contributed by atoms with Gasteiger partial charge in [0.2, 0.25) is 0 Å². The van der Waals surface area contributed by atoms with Crippen LogP contribution in [-0.2, 0) is 0 Å². The van der Waals surface area contributed by atoms with Crippen LogP contribution in [-0.4, -0.2) is 16.9 Å². The van der Waals surface area contributed by atoms with Crippen molar-refractivity contribution in [3.05, 3.63) is 39.4 Å². The number of hydrogen-bond donors (Lipinski definition) is 1. The van der Waals surface area contributed by atoms with Crippen LogP contribution < -0.4 is 5.32 Å². The van der Waals surface area contributed by atoms with Gasteiger partial charge in [-0.05, 0) is 25.8 Å². The van der Waals surface area contributed by atoms with Gasteiger partial charge in [0.1, 0.15) is 0 Å². The molecule has 1 N–H and O–H groups in total. The van der Waals surface area contributed by atoms with Crippen molar-refractivity contribution in [3.8, 4) is 0 Å². The summed E-state index contributed by atoms with van der Waals surface area (Å²) < 4.78 is 0. The highest BCUT2D eigenvalue weighted by atomic mass is 16.6. The zero-order valence-corrected chi connectivity index (χ0v) is 10.3. The molecule has 2 rings (SSSR count). The Morgan fingerprint density at radius 1 is 1.39 bits per heavy atom. The number of rotatable bonds is 3. The van der Waals surface area contributed by atoms with E-state index in [1.807, 2.05) is 0 Å². The molecule has 5 nitrogen and oxygen atoms in total. The average molecular weight is 248 g/mol. The topological polar surface area (TPSA) is 72.2 Å². The van der Waals surface area contributed by atoms with E-state index < -0.39 is 4.92 Å². The summed E-state index contributed by atoms with van der Waals surface area (Å²) >= 11 is 0. The van der Waals surface area contributed by atoms with E-state index in [1.165, 1.54) is 6.07 Å². The smallest absolute Gasteiger partial charge is 0.273 e. The SMILES string of the molecule is Cc1c(C(=O)NC2CCCC2)cccc1[N+](=O)[O-]. The van der Waals surface area contributed by atoms with Crippen molar-refractivity contribution in [2.75, 3.05) is 0 Å². The summed E-state index contributed by atoms with van der Waals surface area (Å²) in [6, 6.07) is 4.82. The Morgan fingerprint density at radius 2 is 2.06 bits per heavy atom. The minimum atomic E-state index is -0.457. The van der Waals surface area contributed by atoms with Crippen LogP contribution in [0.15, 0.2) is 18.2 Å². The Bertz CT molecular complexity index is 479. The summed E-state index contributed by atoms with van der Waals surface area (Å²) in [6.45, 7) is 1.61. The van der Waals surface area contributed by atoms with Crippen LogP contribution in [0, 0.1) is 17.0 Å². The molecule has 1 aliphatic rings. The summed E-state index contributed by atoms with van der Waals surface area (Å²) in [5.74, 6) is -0.205. The Morgan fingerprint density at radius 3 is 2.67 bits per heavy atom. The van der Waals surface area contributed by atoms with E-state index in [-0.39, 0.29) is 17.6 Å². The molecule has 1 aliphatic carbocycles. The summed E-state index contributed by atoms with van der Waals surface area (Å²) in [5.41, 5.74) is 0.822. The van der Waals surface area contributed by atoms with Crippen molar-refractivity contribution in [1.82, 2.24) is 5.32 Å². The van der Waals surface area contributed by atoms with Crippen LogP contribution in [0.2, 0.25) is 0 Å². The van der Waals surface area contributed by atoms with Crippen molar-refractivity contribution in [1.29, 1.82) is 0 Å². The molecule has 0 bridgehead atoms. The van der Waals surface area contributed by atoms with Gasteiger partial charge in [0, 0.05) is 23.2 Å². The Balaban J connectivity index is 2.19. The standard InChI is InChI=1S/C13H16N2O3/c1-9-11(7-4-8-12(9)15(17)18)13(16)14-10-5-2-3-6-10/h4,7-8,10H,2-3,5-6H2,1H3,(H,14,16). The van der Waals surface area contributed by atoms with Crippen LogP contribution in [0.5, 0.6) is 0 Å². The van der Waals surface area contributed by atoms with Gasteiger partial charge >= 0.3 is 0 Å². The molecule has 0 radical (unpaired) electrons. The second kappa shape index (κ2) is 5.16. The van der Waals surface area contributed by atoms with Gasteiger partial charge in [0.15, 0.2) is 0 Å². The molecule has 0 heterocycles. The largest absolute Gasteiger partial charge is 0.349 e. The van der Waals surface area contributed by atoms with Crippen LogP contribution in [0.3, 0.4) is 0 Å². The monoisotopic (exact) mass is 248 g/mol. The van der Waals surface area contributed by atoms with E-state index in [1.54, 1.807) is 19.1 Å². The van der Waals surface area contributed by atoms with Crippen molar-refractivity contribution < 1.29 is 9.72 Å². The van der Waals surface area contributed by atoms with Gasteiger partial charge < -0.3 is 5.32 Å². The van der Waals surface area contributed by atoms with Crippen LogP contribution in [0.4, 0.5) is 5.69 Å². The number of nitro benzene ring substituents is 1. The fraction of sp³-hybridized carbons (Fsp3) is 0.462. The van der Waals surface area contributed by atoms with Crippen molar-refractivity contribution in [2.24, 2.45) is 0 Å². The molecule has 1 fully saturated rings. The number of amides is 1. The Kier molecular flexibility index (Phi) is 3.60. The second-order valence-corrected chi connectivity index (χ2v) is 4.66. The van der Waals surface area contributed by atoms with E-state index in [9.17, 15) is 14.9 Å². The number of carbonyl (C=O) groups excluding carboxylic acids is 1. The lowest BCUT2D eigenvalue weighted by Crippen LogP contribution is -2.33. The molecule has 1 saturated carbocycles. The lowest BCUT2D eigenvalue weighted by atomic mass is 10.1. The Labute approximate surface area is 105 Å². The third kappa shape index (κ3) is 2.50. The maximum absolute atomic E-state index is 12.1. The van der Waals surface area contributed by atoms with Crippen LogP contribution >= 0.6 is 0 Å². The van der Waals surface area contributed by atoms with E-state index in [2.05, 4.69) is 5.32 Å².